The number of nitrogens with zero attached hydrogens (tertiary/aromatic N) is 1. The molecular weight excluding hydrogens is 146 g/mol. The highest BCUT2D eigenvalue weighted by Crippen LogP contribution is 2.14. The van der Waals surface area contributed by atoms with Gasteiger partial charge in [0.1, 0.15) is 0 Å². The number of hydrogen-bond donors (Lipinski definition) is 0. The molecule has 0 atom stereocenters. The minimum Gasteiger partial charge on any atom is -0.293 e. The quantitative estimate of drug-likeness (QED) is 0.447. The molecule has 66 valence electrons. The molecule has 0 amide bonds. The Labute approximate surface area is 74.9 Å². The molecule has 0 radical (unpaired) electrons. The van der Waals surface area contributed by atoms with Gasteiger partial charge in [0.05, 0.1) is 0 Å². The lowest BCUT2D eigenvalue weighted by Gasteiger charge is -2.10. The summed E-state index contributed by atoms with van der Waals surface area (Å²) in [6, 6.07) is 0. The highest BCUT2D eigenvalue weighted by Gasteiger charge is 2.04. The zero-order valence-electron chi connectivity index (χ0n) is 7.84. The normalized spacial score (nSPS) is 20.8. The van der Waals surface area contributed by atoms with E-state index in [1.807, 2.05) is 6.08 Å². The molecule has 0 aromatic heterocycles. The predicted molar refractivity (Wildman–Crippen MR) is 54.7 cm³/mol. The molecule has 1 heteroatoms. The molecule has 0 saturated heterocycles. The highest BCUT2D eigenvalue weighted by molar-refractivity contribution is 5.87. The van der Waals surface area contributed by atoms with Gasteiger partial charge < -0.3 is 0 Å². The Balaban J connectivity index is 2.34. The number of hydrogen-bond acceptors (Lipinski definition) is 1. The topological polar surface area (TPSA) is 12.4 Å². The van der Waals surface area contributed by atoms with Crippen molar-refractivity contribution in [2.75, 3.05) is 6.54 Å². The fourth-order valence-corrected chi connectivity index (χ4v) is 1.30. The summed E-state index contributed by atoms with van der Waals surface area (Å²) in [6.07, 6.45) is 8.66. The van der Waals surface area contributed by atoms with Crippen molar-refractivity contribution in [1.29, 1.82) is 0 Å². The summed E-state index contributed by atoms with van der Waals surface area (Å²) in [5.74, 6) is 0. The van der Waals surface area contributed by atoms with Crippen molar-refractivity contribution in [2.45, 2.75) is 32.6 Å². The van der Waals surface area contributed by atoms with Gasteiger partial charge in [-0.2, -0.15) is 0 Å². The molecule has 0 unspecified atom stereocenters. The van der Waals surface area contributed by atoms with Crippen LogP contribution in [0.4, 0.5) is 0 Å². The van der Waals surface area contributed by atoms with Crippen molar-refractivity contribution >= 4 is 5.71 Å². The first-order valence-electron chi connectivity index (χ1n) is 4.61. The van der Waals surface area contributed by atoms with Crippen molar-refractivity contribution in [3.63, 3.8) is 0 Å². The van der Waals surface area contributed by atoms with E-state index in [9.17, 15) is 0 Å². The second-order valence-electron chi connectivity index (χ2n) is 3.28. The molecule has 0 aliphatic heterocycles. The molecule has 1 aliphatic carbocycles. The second-order valence-corrected chi connectivity index (χ2v) is 3.28. The van der Waals surface area contributed by atoms with Crippen LogP contribution in [0.1, 0.15) is 32.6 Å². The Hall–Kier alpha value is -0.850. The molecule has 0 saturated carbocycles. The Morgan fingerprint density at radius 3 is 3.00 bits per heavy atom. The Morgan fingerprint density at radius 1 is 1.58 bits per heavy atom. The Morgan fingerprint density at radius 2 is 2.42 bits per heavy atom. The largest absolute Gasteiger partial charge is 0.293 e. The molecule has 0 aromatic carbocycles. The van der Waals surface area contributed by atoms with E-state index in [0.717, 1.165) is 19.4 Å². The van der Waals surface area contributed by atoms with Crippen molar-refractivity contribution in [1.82, 2.24) is 0 Å². The number of allylic oxidation sites excluding steroid dienone is 2. The maximum absolute atomic E-state index is 4.51. The van der Waals surface area contributed by atoms with E-state index in [4.69, 9.17) is 0 Å². The Bertz CT molecular complexity index is 211. The van der Waals surface area contributed by atoms with Gasteiger partial charge >= 0.3 is 0 Å². The van der Waals surface area contributed by atoms with Gasteiger partial charge in [-0.3, -0.25) is 4.99 Å². The first kappa shape index (κ1) is 9.24. The van der Waals surface area contributed by atoms with Crippen LogP contribution in [-0.2, 0) is 0 Å². The number of aliphatic imine (C=N–C) groups is 1. The smallest absolute Gasteiger partial charge is 0.0423 e. The lowest BCUT2D eigenvalue weighted by molar-refractivity contribution is 0.919. The summed E-state index contributed by atoms with van der Waals surface area (Å²) < 4.78 is 0. The molecule has 1 rings (SSSR count). The standard InChI is InChI=1S/C11H17N/c1-3-4-9-12-11-7-5-10(2)6-8-11/h3,5H,1,4,6-9H2,2H3. The highest BCUT2D eigenvalue weighted by atomic mass is 14.7. The first-order chi connectivity index (χ1) is 5.83. The van der Waals surface area contributed by atoms with E-state index in [1.54, 1.807) is 0 Å². The fourth-order valence-electron chi connectivity index (χ4n) is 1.30. The minimum absolute atomic E-state index is 0.922. The zero-order chi connectivity index (χ0) is 8.81. The van der Waals surface area contributed by atoms with E-state index in [1.165, 1.54) is 24.1 Å². The van der Waals surface area contributed by atoms with Gasteiger partial charge in [0.25, 0.3) is 0 Å². The van der Waals surface area contributed by atoms with Gasteiger partial charge in [-0.1, -0.05) is 17.7 Å². The SMILES string of the molecule is C=CCCN=C1CC=C(C)CC1. The molecule has 0 N–H and O–H groups in total. The van der Waals surface area contributed by atoms with Crippen molar-refractivity contribution < 1.29 is 0 Å². The van der Waals surface area contributed by atoms with Crippen molar-refractivity contribution in [3.05, 3.63) is 24.3 Å². The van der Waals surface area contributed by atoms with Crippen LogP contribution in [0.15, 0.2) is 29.3 Å². The fraction of sp³-hybridized carbons (Fsp3) is 0.545. The Kier molecular flexibility index (Phi) is 3.78. The second kappa shape index (κ2) is 4.91. The maximum atomic E-state index is 4.51. The lowest BCUT2D eigenvalue weighted by Crippen LogP contribution is -2.03. The average molecular weight is 163 g/mol. The van der Waals surface area contributed by atoms with Gasteiger partial charge in [0.2, 0.25) is 0 Å². The molecule has 0 heterocycles. The third-order valence-electron chi connectivity index (χ3n) is 2.16. The van der Waals surface area contributed by atoms with Crippen LogP contribution >= 0.6 is 0 Å². The van der Waals surface area contributed by atoms with Crippen LogP contribution in [0.25, 0.3) is 0 Å². The molecule has 1 nitrogen and oxygen atoms in total. The van der Waals surface area contributed by atoms with Crippen LogP contribution in [-0.4, -0.2) is 12.3 Å². The predicted octanol–water partition coefficient (Wildman–Crippen LogP) is 3.13. The monoisotopic (exact) mass is 163 g/mol. The summed E-state index contributed by atoms with van der Waals surface area (Å²) >= 11 is 0. The minimum atomic E-state index is 0.922. The summed E-state index contributed by atoms with van der Waals surface area (Å²) in [4.78, 5) is 4.51. The summed E-state index contributed by atoms with van der Waals surface area (Å²) in [7, 11) is 0. The van der Waals surface area contributed by atoms with Gasteiger partial charge in [-0.05, 0) is 26.2 Å². The van der Waals surface area contributed by atoms with E-state index < -0.39 is 0 Å². The van der Waals surface area contributed by atoms with E-state index >= 15 is 0 Å². The van der Waals surface area contributed by atoms with Crippen LogP contribution in [0, 0.1) is 0 Å². The van der Waals surface area contributed by atoms with Crippen LogP contribution in [0.2, 0.25) is 0 Å². The zero-order valence-corrected chi connectivity index (χ0v) is 7.84. The molecule has 0 bridgehead atoms. The van der Waals surface area contributed by atoms with E-state index in [0.29, 0.717) is 0 Å². The van der Waals surface area contributed by atoms with Gasteiger partial charge in [-0.25, -0.2) is 0 Å². The van der Waals surface area contributed by atoms with Crippen molar-refractivity contribution in [2.24, 2.45) is 4.99 Å². The van der Waals surface area contributed by atoms with Crippen LogP contribution in [0.5, 0.6) is 0 Å². The lowest BCUT2D eigenvalue weighted by atomic mass is 9.99. The molecule has 0 fully saturated rings. The average Bonchev–Trinajstić information content (AvgIpc) is 2.09. The molecule has 0 spiro atoms. The summed E-state index contributed by atoms with van der Waals surface area (Å²) in [5, 5.41) is 0. The van der Waals surface area contributed by atoms with E-state index in [2.05, 4.69) is 24.6 Å². The molecule has 0 aromatic rings. The third-order valence-corrected chi connectivity index (χ3v) is 2.16. The molecular formula is C11H17N. The van der Waals surface area contributed by atoms with E-state index in [-0.39, 0.29) is 0 Å². The third kappa shape index (κ3) is 3.04. The van der Waals surface area contributed by atoms with Gasteiger partial charge in [0.15, 0.2) is 0 Å². The van der Waals surface area contributed by atoms with Crippen LogP contribution in [0.3, 0.4) is 0 Å². The first-order valence-corrected chi connectivity index (χ1v) is 4.61. The maximum Gasteiger partial charge on any atom is 0.0423 e. The van der Waals surface area contributed by atoms with Crippen molar-refractivity contribution in [3.8, 4) is 0 Å². The summed E-state index contributed by atoms with van der Waals surface area (Å²) in [5.41, 5.74) is 2.88. The number of rotatable bonds is 3. The van der Waals surface area contributed by atoms with Crippen LogP contribution < -0.4 is 0 Å². The van der Waals surface area contributed by atoms with Gasteiger partial charge in [0, 0.05) is 18.7 Å². The molecule has 1 aliphatic rings. The molecule has 12 heavy (non-hydrogen) atoms. The van der Waals surface area contributed by atoms with Gasteiger partial charge in [-0.15, -0.1) is 6.58 Å². The summed E-state index contributed by atoms with van der Waals surface area (Å²) in [6.45, 7) is 6.79.